The van der Waals surface area contributed by atoms with Gasteiger partial charge in [-0.05, 0) is 44.0 Å². The van der Waals surface area contributed by atoms with Crippen LogP contribution in [-0.2, 0) is 0 Å². The van der Waals surface area contributed by atoms with Crippen molar-refractivity contribution in [2.45, 2.75) is 19.3 Å². The summed E-state index contributed by atoms with van der Waals surface area (Å²) in [6.07, 6.45) is 2.79. The fourth-order valence-corrected chi connectivity index (χ4v) is 2.59. The Bertz CT molecular complexity index is 417. The van der Waals surface area contributed by atoms with Crippen LogP contribution in [0.4, 0.5) is 0 Å². The van der Waals surface area contributed by atoms with E-state index in [9.17, 15) is 4.79 Å². The molecule has 1 saturated heterocycles. The van der Waals surface area contributed by atoms with Crippen molar-refractivity contribution >= 4 is 5.78 Å². The molecule has 4 heteroatoms. The molecule has 1 aromatic rings. The molecule has 1 N–H and O–H groups in total. The average Bonchev–Trinajstić information content (AvgIpc) is 2.47. The van der Waals surface area contributed by atoms with Gasteiger partial charge in [0.2, 0.25) is 0 Å². The summed E-state index contributed by atoms with van der Waals surface area (Å²) in [5, 5.41) is 3.33. The van der Waals surface area contributed by atoms with E-state index < -0.39 is 0 Å². The molecule has 1 atom stereocenters. The van der Waals surface area contributed by atoms with Crippen LogP contribution in [0.25, 0.3) is 0 Å². The van der Waals surface area contributed by atoms with Gasteiger partial charge in [0.15, 0.2) is 5.78 Å². The molecule has 0 aliphatic carbocycles. The molecule has 1 unspecified atom stereocenters. The summed E-state index contributed by atoms with van der Waals surface area (Å²) in [6.45, 7) is 1.98. The second-order valence-electron chi connectivity index (χ2n) is 4.88. The number of nitrogens with one attached hydrogen (secondary N) is 1. The smallest absolute Gasteiger partial charge is 0.170 e. The maximum atomic E-state index is 12.5. The molecular weight excluding hydrogens is 242 g/mol. The lowest BCUT2D eigenvalue weighted by atomic mass is 9.91. The number of carbonyl (C=O) groups excluding carboxylic acids is 1. The topological polar surface area (TPSA) is 47.6 Å². The molecule has 1 aliphatic rings. The fraction of sp³-hybridized carbons (Fsp3) is 0.533. The lowest BCUT2D eigenvalue weighted by molar-refractivity contribution is 0.0947. The van der Waals surface area contributed by atoms with Crippen LogP contribution in [0.3, 0.4) is 0 Å². The van der Waals surface area contributed by atoms with E-state index in [0.717, 1.165) is 25.9 Å². The number of hydrogen-bond acceptors (Lipinski definition) is 4. The number of hydrogen-bond donors (Lipinski definition) is 1. The molecule has 4 nitrogen and oxygen atoms in total. The molecular formula is C15H21NO3. The predicted molar refractivity (Wildman–Crippen MR) is 74.1 cm³/mol. The normalized spacial score (nSPS) is 18.9. The molecule has 0 spiro atoms. The summed E-state index contributed by atoms with van der Waals surface area (Å²) in [6, 6.07) is 5.43. The van der Waals surface area contributed by atoms with Gasteiger partial charge in [-0.2, -0.15) is 0 Å². The number of rotatable bonds is 5. The number of carbonyl (C=O) groups is 1. The third-order valence-electron chi connectivity index (χ3n) is 3.58. The third kappa shape index (κ3) is 3.26. The highest BCUT2D eigenvalue weighted by atomic mass is 16.5. The van der Waals surface area contributed by atoms with E-state index in [4.69, 9.17) is 9.47 Å². The van der Waals surface area contributed by atoms with Crippen LogP contribution in [0.5, 0.6) is 11.5 Å². The summed E-state index contributed by atoms with van der Waals surface area (Å²) in [4.78, 5) is 12.5. The zero-order valence-corrected chi connectivity index (χ0v) is 11.6. The Morgan fingerprint density at radius 2 is 2.00 bits per heavy atom. The first kappa shape index (κ1) is 13.9. The average molecular weight is 263 g/mol. The molecule has 1 fully saturated rings. The Kier molecular flexibility index (Phi) is 4.80. The van der Waals surface area contributed by atoms with E-state index in [0.29, 0.717) is 29.4 Å². The zero-order valence-electron chi connectivity index (χ0n) is 11.6. The number of methoxy groups -OCH3 is 2. The quantitative estimate of drug-likeness (QED) is 0.828. The molecule has 2 rings (SSSR count). The second kappa shape index (κ2) is 6.57. The van der Waals surface area contributed by atoms with Crippen molar-refractivity contribution in [3.05, 3.63) is 23.8 Å². The first-order chi connectivity index (χ1) is 9.26. The lowest BCUT2D eigenvalue weighted by Gasteiger charge is -2.22. The van der Waals surface area contributed by atoms with Gasteiger partial charge in [-0.15, -0.1) is 0 Å². The standard InChI is InChI=1S/C15H21NO3/c1-18-13-6-3-7-14(19-2)15(13)12(17)9-11-5-4-8-16-10-11/h3,6-7,11,16H,4-5,8-10H2,1-2H3. The molecule has 0 radical (unpaired) electrons. The summed E-state index contributed by atoms with van der Waals surface area (Å²) in [5.41, 5.74) is 0.568. The van der Waals surface area contributed by atoms with E-state index in [1.165, 1.54) is 0 Å². The zero-order chi connectivity index (χ0) is 13.7. The van der Waals surface area contributed by atoms with Gasteiger partial charge in [0, 0.05) is 6.42 Å². The van der Waals surface area contributed by atoms with Gasteiger partial charge in [-0.25, -0.2) is 0 Å². The number of ketones is 1. The van der Waals surface area contributed by atoms with Crippen molar-refractivity contribution in [3.8, 4) is 11.5 Å². The monoisotopic (exact) mass is 263 g/mol. The van der Waals surface area contributed by atoms with Gasteiger partial charge in [-0.1, -0.05) is 6.07 Å². The minimum atomic E-state index is 0.100. The highest BCUT2D eigenvalue weighted by molar-refractivity contribution is 6.01. The lowest BCUT2D eigenvalue weighted by Crippen LogP contribution is -2.31. The van der Waals surface area contributed by atoms with Gasteiger partial charge in [0.05, 0.1) is 14.2 Å². The minimum Gasteiger partial charge on any atom is -0.496 e. The van der Waals surface area contributed by atoms with E-state index >= 15 is 0 Å². The Morgan fingerprint density at radius 3 is 2.53 bits per heavy atom. The van der Waals surface area contributed by atoms with Gasteiger partial charge in [-0.3, -0.25) is 4.79 Å². The van der Waals surface area contributed by atoms with Crippen molar-refractivity contribution in [3.63, 3.8) is 0 Å². The highest BCUT2D eigenvalue weighted by Gasteiger charge is 2.22. The molecule has 1 heterocycles. The number of benzene rings is 1. The van der Waals surface area contributed by atoms with Gasteiger partial charge < -0.3 is 14.8 Å². The molecule has 104 valence electrons. The predicted octanol–water partition coefficient (Wildman–Crippen LogP) is 2.28. The van der Waals surface area contributed by atoms with Crippen molar-refractivity contribution < 1.29 is 14.3 Å². The van der Waals surface area contributed by atoms with Crippen LogP contribution in [0.15, 0.2) is 18.2 Å². The Balaban J connectivity index is 2.17. The Morgan fingerprint density at radius 1 is 1.32 bits per heavy atom. The third-order valence-corrected chi connectivity index (χ3v) is 3.58. The van der Waals surface area contributed by atoms with Crippen LogP contribution >= 0.6 is 0 Å². The van der Waals surface area contributed by atoms with E-state index in [1.807, 2.05) is 6.07 Å². The SMILES string of the molecule is COc1cccc(OC)c1C(=O)CC1CCCNC1. The van der Waals surface area contributed by atoms with Crippen molar-refractivity contribution in [2.24, 2.45) is 5.92 Å². The Labute approximate surface area is 114 Å². The van der Waals surface area contributed by atoms with Gasteiger partial charge >= 0.3 is 0 Å². The van der Waals surface area contributed by atoms with Crippen molar-refractivity contribution in [1.82, 2.24) is 5.32 Å². The first-order valence-corrected chi connectivity index (χ1v) is 6.71. The van der Waals surface area contributed by atoms with Crippen molar-refractivity contribution in [1.29, 1.82) is 0 Å². The summed E-state index contributed by atoms with van der Waals surface area (Å²) >= 11 is 0. The van der Waals surface area contributed by atoms with Crippen LogP contribution < -0.4 is 14.8 Å². The molecule has 0 amide bonds. The summed E-state index contributed by atoms with van der Waals surface area (Å²) in [7, 11) is 3.15. The number of Topliss-reactive ketones (excluding diaryl/α,β-unsaturated/α-hetero) is 1. The molecule has 1 aliphatic heterocycles. The van der Waals surface area contributed by atoms with E-state index in [2.05, 4.69) is 5.32 Å². The molecule has 19 heavy (non-hydrogen) atoms. The van der Waals surface area contributed by atoms with E-state index in [1.54, 1.807) is 26.4 Å². The van der Waals surface area contributed by atoms with Crippen LogP contribution in [0.1, 0.15) is 29.6 Å². The molecule has 1 aromatic carbocycles. The molecule has 0 bridgehead atoms. The second-order valence-corrected chi connectivity index (χ2v) is 4.88. The maximum Gasteiger partial charge on any atom is 0.170 e. The fourth-order valence-electron chi connectivity index (χ4n) is 2.59. The summed E-state index contributed by atoms with van der Waals surface area (Å²) < 4.78 is 10.6. The van der Waals surface area contributed by atoms with Crippen LogP contribution in [0, 0.1) is 5.92 Å². The largest absolute Gasteiger partial charge is 0.496 e. The molecule has 0 saturated carbocycles. The number of ether oxygens (including phenoxy) is 2. The minimum absolute atomic E-state index is 0.100. The van der Waals surface area contributed by atoms with E-state index in [-0.39, 0.29) is 5.78 Å². The van der Waals surface area contributed by atoms with Crippen LogP contribution in [-0.4, -0.2) is 33.1 Å². The Hall–Kier alpha value is -1.55. The first-order valence-electron chi connectivity index (χ1n) is 6.71. The number of piperidine rings is 1. The van der Waals surface area contributed by atoms with Crippen molar-refractivity contribution in [2.75, 3.05) is 27.3 Å². The van der Waals surface area contributed by atoms with Crippen LogP contribution in [0.2, 0.25) is 0 Å². The highest BCUT2D eigenvalue weighted by Crippen LogP contribution is 2.31. The summed E-state index contributed by atoms with van der Waals surface area (Å²) in [5.74, 6) is 1.69. The van der Waals surface area contributed by atoms with Gasteiger partial charge in [0.1, 0.15) is 17.1 Å². The molecule has 0 aromatic heterocycles. The van der Waals surface area contributed by atoms with Gasteiger partial charge in [0.25, 0.3) is 0 Å². The maximum absolute atomic E-state index is 12.5.